The lowest BCUT2D eigenvalue weighted by atomic mass is 10.3. The van der Waals surface area contributed by atoms with E-state index in [0.29, 0.717) is 17.5 Å². The third-order valence-corrected chi connectivity index (χ3v) is 4.21. The van der Waals surface area contributed by atoms with Gasteiger partial charge in [0.2, 0.25) is 5.91 Å². The lowest BCUT2D eigenvalue weighted by molar-refractivity contribution is -0.113. The monoisotopic (exact) mass is 329 g/mol. The van der Waals surface area contributed by atoms with E-state index in [1.165, 1.54) is 11.8 Å². The van der Waals surface area contributed by atoms with E-state index < -0.39 is 0 Å². The molecule has 1 heterocycles. The molecule has 1 saturated carbocycles. The summed E-state index contributed by atoms with van der Waals surface area (Å²) in [6, 6.07) is 9.30. The molecule has 0 unspecified atom stereocenters. The molecule has 1 N–H and O–H groups in total. The smallest absolute Gasteiger partial charge is 0.234 e. The topological polar surface area (TPSA) is 92.8 Å². The molecule has 8 heteroatoms. The molecule has 1 aromatic carbocycles. The third-order valence-electron chi connectivity index (χ3n) is 3.25. The second-order valence-electron chi connectivity index (χ2n) is 5.06. The number of amides is 1. The van der Waals surface area contributed by atoms with E-state index in [4.69, 9.17) is 10.00 Å². The number of benzene rings is 1. The van der Waals surface area contributed by atoms with Crippen molar-refractivity contribution in [1.29, 1.82) is 5.26 Å². The summed E-state index contributed by atoms with van der Waals surface area (Å²) in [6.45, 7) is 0.00399. The number of ether oxygens (including phenoxy) is 1. The van der Waals surface area contributed by atoms with Crippen LogP contribution in [-0.4, -0.2) is 33.0 Å². The molecule has 0 bridgehead atoms. The molecule has 0 radical (unpaired) electrons. The molecule has 1 aliphatic carbocycles. The Labute approximate surface area is 137 Å². The van der Waals surface area contributed by atoms with Crippen molar-refractivity contribution >= 4 is 23.4 Å². The van der Waals surface area contributed by atoms with Crippen LogP contribution in [0, 0.1) is 11.3 Å². The van der Waals surface area contributed by atoms with Gasteiger partial charge in [-0.2, -0.15) is 5.26 Å². The Bertz CT molecular complexity index is 718. The molecular formula is C15H15N5O2S. The van der Waals surface area contributed by atoms with Crippen molar-refractivity contribution in [2.24, 2.45) is 0 Å². The maximum Gasteiger partial charge on any atom is 0.234 e. The van der Waals surface area contributed by atoms with Gasteiger partial charge in [-0.05, 0) is 37.1 Å². The Morgan fingerprint density at radius 2 is 2.22 bits per heavy atom. The summed E-state index contributed by atoms with van der Waals surface area (Å²) >= 11 is 1.38. The molecule has 0 saturated heterocycles. The van der Waals surface area contributed by atoms with Crippen LogP contribution >= 0.6 is 11.8 Å². The van der Waals surface area contributed by atoms with Crippen molar-refractivity contribution in [3.63, 3.8) is 0 Å². The predicted molar refractivity (Wildman–Crippen MR) is 85.2 cm³/mol. The Balaban J connectivity index is 1.49. The number of aromatic nitrogens is 3. The standard InChI is InChI=1S/C15H15N5O2S/c16-7-8-22-13-5-1-11(2-6-13)18-14(21)9-23-15-19-17-10-20(15)12-3-4-12/h1-2,5-6,10,12H,3-4,8-9H2,(H,18,21). The number of nitrogens with zero attached hydrogens (tertiary/aromatic N) is 4. The van der Waals surface area contributed by atoms with Crippen molar-refractivity contribution < 1.29 is 9.53 Å². The number of nitrogens with one attached hydrogen (secondary N) is 1. The van der Waals surface area contributed by atoms with Gasteiger partial charge < -0.3 is 14.6 Å². The summed E-state index contributed by atoms with van der Waals surface area (Å²) in [7, 11) is 0. The minimum absolute atomic E-state index is 0.00399. The van der Waals surface area contributed by atoms with Crippen molar-refractivity contribution in [1.82, 2.24) is 14.8 Å². The minimum Gasteiger partial charge on any atom is -0.479 e. The molecular weight excluding hydrogens is 314 g/mol. The SMILES string of the molecule is N#CCOc1ccc(NC(=O)CSc2nncn2C2CC2)cc1. The predicted octanol–water partition coefficient (Wildman–Crippen LogP) is 2.25. The highest BCUT2D eigenvalue weighted by Gasteiger charge is 2.26. The summed E-state index contributed by atoms with van der Waals surface area (Å²) in [4.78, 5) is 12.0. The van der Waals surface area contributed by atoms with Crippen LogP contribution in [0.3, 0.4) is 0 Å². The van der Waals surface area contributed by atoms with Gasteiger partial charge in [0.15, 0.2) is 11.8 Å². The van der Waals surface area contributed by atoms with E-state index in [1.807, 2.05) is 10.6 Å². The van der Waals surface area contributed by atoms with Crippen LogP contribution in [0.4, 0.5) is 5.69 Å². The van der Waals surface area contributed by atoms with Crippen LogP contribution in [0.2, 0.25) is 0 Å². The molecule has 1 aromatic heterocycles. The highest BCUT2D eigenvalue weighted by atomic mass is 32.2. The van der Waals surface area contributed by atoms with E-state index in [-0.39, 0.29) is 18.3 Å². The molecule has 1 aliphatic rings. The lowest BCUT2D eigenvalue weighted by Crippen LogP contribution is -2.14. The van der Waals surface area contributed by atoms with Gasteiger partial charge in [-0.3, -0.25) is 4.79 Å². The largest absolute Gasteiger partial charge is 0.479 e. The van der Waals surface area contributed by atoms with Crippen LogP contribution < -0.4 is 10.1 Å². The highest BCUT2D eigenvalue weighted by molar-refractivity contribution is 7.99. The van der Waals surface area contributed by atoms with E-state index in [1.54, 1.807) is 30.6 Å². The number of anilines is 1. The zero-order valence-electron chi connectivity index (χ0n) is 12.3. The molecule has 23 heavy (non-hydrogen) atoms. The number of thioether (sulfide) groups is 1. The molecule has 1 fully saturated rings. The average molecular weight is 329 g/mol. The minimum atomic E-state index is -0.106. The molecule has 0 aliphatic heterocycles. The van der Waals surface area contributed by atoms with Crippen LogP contribution in [0.1, 0.15) is 18.9 Å². The quantitative estimate of drug-likeness (QED) is 0.783. The molecule has 118 valence electrons. The summed E-state index contributed by atoms with van der Waals surface area (Å²) < 4.78 is 7.18. The number of nitriles is 1. The molecule has 2 aromatic rings. The van der Waals surface area contributed by atoms with Crippen LogP contribution in [0.15, 0.2) is 35.7 Å². The van der Waals surface area contributed by atoms with E-state index >= 15 is 0 Å². The lowest BCUT2D eigenvalue weighted by Gasteiger charge is -2.07. The summed E-state index contributed by atoms with van der Waals surface area (Å²) in [5.74, 6) is 0.764. The van der Waals surface area contributed by atoms with E-state index in [9.17, 15) is 4.79 Å². The van der Waals surface area contributed by atoms with Crippen molar-refractivity contribution in [3.8, 4) is 11.8 Å². The van der Waals surface area contributed by atoms with Crippen LogP contribution in [0.5, 0.6) is 5.75 Å². The first-order valence-electron chi connectivity index (χ1n) is 7.18. The Hall–Kier alpha value is -2.53. The van der Waals surface area contributed by atoms with Crippen molar-refractivity contribution in [3.05, 3.63) is 30.6 Å². The number of hydrogen-bond acceptors (Lipinski definition) is 6. The maximum absolute atomic E-state index is 12.0. The molecule has 0 spiro atoms. The molecule has 7 nitrogen and oxygen atoms in total. The Morgan fingerprint density at radius 1 is 1.43 bits per heavy atom. The fraction of sp³-hybridized carbons (Fsp3) is 0.333. The van der Waals surface area contributed by atoms with Gasteiger partial charge in [0.05, 0.1) is 5.75 Å². The Kier molecular flexibility index (Phi) is 4.78. The second-order valence-corrected chi connectivity index (χ2v) is 6.00. The van der Waals surface area contributed by atoms with Gasteiger partial charge >= 0.3 is 0 Å². The van der Waals surface area contributed by atoms with Crippen molar-refractivity contribution in [2.45, 2.75) is 24.0 Å². The van der Waals surface area contributed by atoms with Gasteiger partial charge in [0, 0.05) is 11.7 Å². The van der Waals surface area contributed by atoms with Crippen LogP contribution in [0.25, 0.3) is 0 Å². The van der Waals surface area contributed by atoms with Gasteiger partial charge in [0.1, 0.15) is 18.1 Å². The summed E-state index contributed by atoms with van der Waals surface area (Å²) in [5, 5.41) is 20.0. The van der Waals surface area contributed by atoms with Gasteiger partial charge in [-0.15, -0.1) is 10.2 Å². The number of carbonyl (C=O) groups is 1. The average Bonchev–Trinajstić information content (AvgIpc) is 3.30. The first-order chi connectivity index (χ1) is 11.3. The van der Waals surface area contributed by atoms with Gasteiger partial charge in [0.25, 0.3) is 0 Å². The summed E-state index contributed by atoms with van der Waals surface area (Å²) in [5.41, 5.74) is 0.684. The molecule has 0 atom stereocenters. The first kappa shape index (κ1) is 15.4. The number of rotatable bonds is 7. The Morgan fingerprint density at radius 3 is 2.91 bits per heavy atom. The number of carbonyl (C=O) groups excluding carboxylic acids is 1. The highest BCUT2D eigenvalue weighted by Crippen LogP contribution is 2.37. The van der Waals surface area contributed by atoms with E-state index in [2.05, 4.69) is 15.5 Å². The third kappa shape index (κ3) is 4.23. The zero-order chi connectivity index (χ0) is 16.1. The normalized spacial score (nSPS) is 13.3. The maximum atomic E-state index is 12.0. The number of hydrogen-bond donors (Lipinski definition) is 1. The fourth-order valence-corrected chi connectivity index (χ4v) is 2.80. The molecule has 3 rings (SSSR count). The second kappa shape index (κ2) is 7.15. The molecule has 1 amide bonds. The fourth-order valence-electron chi connectivity index (χ4n) is 2.02. The zero-order valence-corrected chi connectivity index (χ0v) is 13.1. The summed E-state index contributed by atoms with van der Waals surface area (Å²) in [6.07, 6.45) is 4.02. The van der Waals surface area contributed by atoms with Gasteiger partial charge in [-0.1, -0.05) is 11.8 Å². The first-order valence-corrected chi connectivity index (χ1v) is 8.17. The van der Waals surface area contributed by atoms with E-state index in [0.717, 1.165) is 18.0 Å². The van der Waals surface area contributed by atoms with Gasteiger partial charge in [-0.25, -0.2) is 0 Å². The van der Waals surface area contributed by atoms with Crippen molar-refractivity contribution in [2.75, 3.05) is 17.7 Å². The van der Waals surface area contributed by atoms with Crippen LogP contribution in [-0.2, 0) is 4.79 Å².